The Morgan fingerprint density at radius 3 is 0.950 bits per heavy atom. The number of hydrogen-bond acceptors (Lipinski definition) is 4. The van der Waals surface area contributed by atoms with Gasteiger partial charge in [0.2, 0.25) is 0 Å². The molecule has 0 aliphatic carbocycles. The van der Waals surface area contributed by atoms with E-state index in [1.54, 1.807) is 14.2 Å². The summed E-state index contributed by atoms with van der Waals surface area (Å²) in [6.07, 6.45) is 37.3. The smallest absolute Gasteiger partial charge is 0.136 e. The topological polar surface area (TPSA) is 36.9 Å². The lowest BCUT2D eigenvalue weighted by molar-refractivity contribution is 0.295. The molecule has 0 bridgehead atoms. The van der Waals surface area contributed by atoms with Crippen LogP contribution in [0.4, 0.5) is 0 Å². The van der Waals surface area contributed by atoms with Gasteiger partial charge in [0.15, 0.2) is 0 Å². The molecular formula is C56H82O4. The van der Waals surface area contributed by atoms with Crippen molar-refractivity contribution in [3.05, 3.63) is 82.9 Å². The lowest BCUT2D eigenvalue weighted by Gasteiger charge is -2.14. The highest BCUT2D eigenvalue weighted by molar-refractivity contribution is 5.61. The van der Waals surface area contributed by atoms with E-state index in [2.05, 4.69) is 37.5 Å². The maximum atomic E-state index is 6.52. The molecule has 0 amide bonds. The van der Waals surface area contributed by atoms with Crippen LogP contribution in [0.15, 0.2) is 60.7 Å². The summed E-state index contributed by atoms with van der Waals surface area (Å²) in [6.45, 7) is 5.87. The maximum absolute atomic E-state index is 6.52. The van der Waals surface area contributed by atoms with E-state index in [0.717, 1.165) is 58.1 Å². The predicted octanol–water partition coefficient (Wildman–Crippen LogP) is 16.2. The first-order valence-corrected chi connectivity index (χ1v) is 24.4. The van der Waals surface area contributed by atoms with Crippen LogP contribution in [0, 0.1) is 23.7 Å². The largest absolute Gasteiger partial charge is 0.497 e. The molecule has 4 nitrogen and oxygen atoms in total. The number of methoxy groups -OCH3 is 2. The van der Waals surface area contributed by atoms with Gasteiger partial charge in [0.25, 0.3) is 0 Å². The average Bonchev–Trinajstić information content (AvgIpc) is 3.28. The molecule has 0 aromatic heterocycles. The highest BCUT2D eigenvalue weighted by Gasteiger charge is 2.12. The van der Waals surface area contributed by atoms with Crippen LogP contribution >= 0.6 is 0 Å². The van der Waals surface area contributed by atoms with Gasteiger partial charge >= 0.3 is 0 Å². The van der Waals surface area contributed by atoms with Crippen molar-refractivity contribution >= 4 is 0 Å². The Kier molecular flexibility index (Phi) is 29.1. The van der Waals surface area contributed by atoms with E-state index in [1.807, 2.05) is 60.7 Å². The van der Waals surface area contributed by atoms with Gasteiger partial charge in [-0.05, 0) is 49.2 Å². The number of unbranched alkanes of at least 4 members (excludes halogenated alkanes) is 26. The standard InChI is InChI=1S/C56H82O4/c1-5-7-9-11-13-15-17-19-21-23-25-27-29-31-43-59-55-47-52(42-40-50-36-34-38-54(46-50)58-4)56(48-51(55)41-39-49-35-33-37-53(45-49)57-3)60-44-32-30-28-26-24-22-20-18-16-14-12-10-8-6-2/h33-38,45-48H,5-32,43-44H2,1-4H3. The Morgan fingerprint density at radius 2 is 0.650 bits per heavy atom. The van der Waals surface area contributed by atoms with Gasteiger partial charge in [-0.3, -0.25) is 0 Å². The van der Waals surface area contributed by atoms with Crippen LogP contribution < -0.4 is 18.9 Å². The molecule has 0 radical (unpaired) electrons. The van der Waals surface area contributed by atoms with Crippen molar-refractivity contribution in [2.45, 2.75) is 194 Å². The Balaban J connectivity index is 1.60. The molecular weight excluding hydrogens is 737 g/mol. The van der Waals surface area contributed by atoms with Gasteiger partial charge in [-0.1, -0.05) is 217 Å². The number of rotatable bonds is 34. The van der Waals surface area contributed by atoms with Gasteiger partial charge < -0.3 is 18.9 Å². The normalized spacial score (nSPS) is 10.7. The molecule has 0 atom stereocenters. The third kappa shape index (κ3) is 23.7. The number of benzene rings is 3. The second-order valence-corrected chi connectivity index (χ2v) is 16.7. The van der Waals surface area contributed by atoms with Crippen molar-refractivity contribution in [3.8, 4) is 46.7 Å². The fourth-order valence-electron chi connectivity index (χ4n) is 7.63. The maximum Gasteiger partial charge on any atom is 0.136 e. The molecule has 3 aromatic carbocycles. The fourth-order valence-corrected chi connectivity index (χ4v) is 7.63. The van der Waals surface area contributed by atoms with Gasteiger partial charge in [-0.15, -0.1) is 0 Å². The molecule has 0 spiro atoms. The zero-order chi connectivity index (χ0) is 42.6. The second-order valence-electron chi connectivity index (χ2n) is 16.7. The molecule has 0 aliphatic rings. The molecule has 60 heavy (non-hydrogen) atoms. The van der Waals surface area contributed by atoms with Gasteiger partial charge in [0, 0.05) is 23.3 Å². The molecule has 330 valence electrons. The SMILES string of the molecule is CCCCCCCCCCCCCCCCOc1cc(C#Cc2cccc(OC)c2)c(OCCCCCCCCCCCCCCCC)cc1C#Cc1cccc(OC)c1. The van der Waals surface area contributed by atoms with Crippen molar-refractivity contribution in [3.63, 3.8) is 0 Å². The lowest BCUT2D eigenvalue weighted by atomic mass is 10.0. The van der Waals surface area contributed by atoms with Crippen LogP contribution in [0.5, 0.6) is 23.0 Å². The van der Waals surface area contributed by atoms with E-state index >= 15 is 0 Å². The molecule has 0 N–H and O–H groups in total. The zero-order valence-electron chi connectivity index (χ0n) is 38.6. The van der Waals surface area contributed by atoms with E-state index in [1.165, 1.54) is 167 Å². The summed E-state index contributed by atoms with van der Waals surface area (Å²) in [5.74, 6) is 16.6. The van der Waals surface area contributed by atoms with E-state index in [-0.39, 0.29) is 0 Å². The van der Waals surface area contributed by atoms with E-state index in [0.29, 0.717) is 13.2 Å². The molecule has 3 rings (SSSR count). The Bertz CT molecular complexity index is 1530. The lowest BCUT2D eigenvalue weighted by Crippen LogP contribution is -2.03. The van der Waals surface area contributed by atoms with Crippen molar-refractivity contribution in [2.24, 2.45) is 0 Å². The minimum atomic E-state index is 0.647. The van der Waals surface area contributed by atoms with Crippen LogP contribution in [0.3, 0.4) is 0 Å². The van der Waals surface area contributed by atoms with Gasteiger partial charge in [-0.2, -0.15) is 0 Å². The molecule has 0 heterocycles. The quantitative estimate of drug-likeness (QED) is 0.0444. The van der Waals surface area contributed by atoms with Crippen LogP contribution in [0.2, 0.25) is 0 Å². The van der Waals surface area contributed by atoms with Crippen LogP contribution in [-0.4, -0.2) is 27.4 Å². The summed E-state index contributed by atoms with van der Waals surface area (Å²) < 4.78 is 24.0. The molecule has 0 fully saturated rings. The second kappa shape index (κ2) is 34.7. The molecule has 3 aromatic rings. The molecule has 0 unspecified atom stereocenters. The summed E-state index contributed by atoms with van der Waals surface area (Å²) in [7, 11) is 3.37. The molecule has 0 saturated carbocycles. The Labute approximate surface area is 368 Å². The fraction of sp³-hybridized carbons (Fsp3) is 0.607. The predicted molar refractivity (Wildman–Crippen MR) is 256 cm³/mol. The van der Waals surface area contributed by atoms with Crippen LogP contribution in [-0.2, 0) is 0 Å². The van der Waals surface area contributed by atoms with Crippen LogP contribution in [0.25, 0.3) is 0 Å². The summed E-state index contributed by atoms with van der Waals surface area (Å²) in [5, 5.41) is 0. The summed E-state index contributed by atoms with van der Waals surface area (Å²) in [6, 6.07) is 19.8. The third-order valence-corrected chi connectivity index (χ3v) is 11.4. The molecule has 0 saturated heterocycles. The summed E-state index contributed by atoms with van der Waals surface area (Å²) >= 11 is 0. The summed E-state index contributed by atoms with van der Waals surface area (Å²) in [4.78, 5) is 0. The molecule has 4 heteroatoms. The molecule has 0 aliphatic heterocycles. The van der Waals surface area contributed by atoms with E-state index in [4.69, 9.17) is 18.9 Å². The monoisotopic (exact) mass is 819 g/mol. The van der Waals surface area contributed by atoms with Crippen LogP contribution in [0.1, 0.15) is 216 Å². The highest BCUT2D eigenvalue weighted by Crippen LogP contribution is 2.30. The van der Waals surface area contributed by atoms with Gasteiger partial charge in [0.1, 0.15) is 23.0 Å². The van der Waals surface area contributed by atoms with Crippen molar-refractivity contribution < 1.29 is 18.9 Å². The number of ether oxygens (including phenoxy) is 4. The minimum absolute atomic E-state index is 0.647. The highest BCUT2D eigenvalue weighted by atomic mass is 16.5. The Hall–Kier alpha value is -4.02. The summed E-state index contributed by atoms with van der Waals surface area (Å²) in [5.41, 5.74) is 3.40. The first-order valence-electron chi connectivity index (χ1n) is 24.4. The first kappa shape index (κ1) is 50.3. The minimum Gasteiger partial charge on any atom is -0.497 e. The zero-order valence-corrected chi connectivity index (χ0v) is 38.6. The van der Waals surface area contributed by atoms with Crippen molar-refractivity contribution in [1.29, 1.82) is 0 Å². The van der Waals surface area contributed by atoms with E-state index in [9.17, 15) is 0 Å². The van der Waals surface area contributed by atoms with Crippen molar-refractivity contribution in [1.82, 2.24) is 0 Å². The third-order valence-electron chi connectivity index (χ3n) is 11.4. The van der Waals surface area contributed by atoms with E-state index < -0.39 is 0 Å². The van der Waals surface area contributed by atoms with Crippen molar-refractivity contribution in [2.75, 3.05) is 27.4 Å². The van der Waals surface area contributed by atoms with Gasteiger partial charge in [-0.25, -0.2) is 0 Å². The Morgan fingerprint density at radius 1 is 0.350 bits per heavy atom. The first-order chi connectivity index (χ1) is 29.7. The van der Waals surface area contributed by atoms with Gasteiger partial charge in [0.05, 0.1) is 38.6 Å². The average molecular weight is 819 g/mol. The number of hydrogen-bond donors (Lipinski definition) is 0.